The fourth-order valence-electron chi connectivity index (χ4n) is 2.17. The molecule has 1 unspecified atom stereocenters. The van der Waals surface area contributed by atoms with Crippen LogP contribution in [0.2, 0.25) is 0 Å². The normalized spacial score (nSPS) is 24.6. The zero-order valence-corrected chi connectivity index (χ0v) is 10.2. The van der Waals surface area contributed by atoms with Gasteiger partial charge in [0.05, 0.1) is 5.92 Å². The molecule has 2 rings (SSSR count). The van der Waals surface area contributed by atoms with E-state index in [4.69, 9.17) is 0 Å². The number of likely N-dealkylation sites (tertiary alicyclic amines) is 1. The van der Waals surface area contributed by atoms with Gasteiger partial charge in [-0.25, -0.2) is 0 Å². The van der Waals surface area contributed by atoms with E-state index in [1.807, 2.05) is 0 Å². The minimum absolute atomic E-state index is 0. The summed E-state index contributed by atoms with van der Waals surface area (Å²) in [5.41, 5.74) is 0. The average Bonchev–Trinajstić information content (AvgIpc) is 2.62. The Morgan fingerprint density at radius 3 is 2.56 bits per heavy atom. The molecule has 2 saturated heterocycles. The summed E-state index contributed by atoms with van der Waals surface area (Å²) in [6.45, 7) is 2.25. The molecule has 2 N–H and O–H groups in total. The summed E-state index contributed by atoms with van der Waals surface area (Å²) >= 11 is 0. The first kappa shape index (κ1) is 13.3. The Bertz CT molecular complexity index is 281. The van der Waals surface area contributed by atoms with Crippen LogP contribution in [0, 0.1) is 5.92 Å². The largest absolute Gasteiger partial charge is 0.357 e. The Balaban J connectivity index is 0.00000128. The van der Waals surface area contributed by atoms with Gasteiger partial charge >= 0.3 is 0 Å². The molecule has 92 valence electrons. The maximum absolute atomic E-state index is 12.0. The van der Waals surface area contributed by atoms with Crippen LogP contribution in [-0.4, -0.2) is 49.4 Å². The van der Waals surface area contributed by atoms with Crippen LogP contribution in [0.15, 0.2) is 0 Å². The van der Waals surface area contributed by atoms with Crippen LogP contribution in [0.4, 0.5) is 0 Å². The van der Waals surface area contributed by atoms with E-state index in [9.17, 15) is 9.59 Å². The Morgan fingerprint density at radius 1 is 1.38 bits per heavy atom. The van der Waals surface area contributed by atoms with Crippen LogP contribution in [0.25, 0.3) is 0 Å². The van der Waals surface area contributed by atoms with E-state index in [-0.39, 0.29) is 36.2 Å². The van der Waals surface area contributed by atoms with E-state index in [1.54, 1.807) is 11.9 Å². The number of likely N-dealkylation sites (N-methyl/N-ethyl adjacent to an activating group) is 1. The Labute approximate surface area is 101 Å². The zero-order valence-electron chi connectivity index (χ0n) is 9.36. The SMILES string of the molecule is CNC(=O)C1CCCN1C(=O)C1CNC1.Cl. The average molecular weight is 248 g/mol. The number of halogens is 1. The van der Waals surface area contributed by atoms with Gasteiger partial charge in [0.2, 0.25) is 11.8 Å². The van der Waals surface area contributed by atoms with Gasteiger partial charge < -0.3 is 15.5 Å². The van der Waals surface area contributed by atoms with Gasteiger partial charge in [-0.05, 0) is 12.8 Å². The third-order valence-corrected chi connectivity index (χ3v) is 3.22. The standard InChI is InChI=1S/C10H17N3O2.ClH/c1-11-9(14)8-3-2-4-13(8)10(15)7-5-12-6-7;/h7-8,12H,2-6H2,1H3,(H,11,14);1H. The van der Waals surface area contributed by atoms with E-state index in [1.165, 1.54) is 0 Å². The number of hydrogen-bond acceptors (Lipinski definition) is 3. The number of amides is 2. The molecule has 2 heterocycles. The van der Waals surface area contributed by atoms with Gasteiger partial charge in [0.15, 0.2) is 0 Å². The Morgan fingerprint density at radius 2 is 2.06 bits per heavy atom. The zero-order chi connectivity index (χ0) is 10.8. The molecule has 0 aromatic rings. The third-order valence-electron chi connectivity index (χ3n) is 3.22. The summed E-state index contributed by atoms with van der Waals surface area (Å²) in [5, 5.41) is 5.69. The van der Waals surface area contributed by atoms with Crippen molar-refractivity contribution in [1.29, 1.82) is 0 Å². The molecule has 1 atom stereocenters. The second kappa shape index (κ2) is 5.50. The second-order valence-electron chi connectivity index (χ2n) is 4.16. The molecule has 0 bridgehead atoms. The van der Waals surface area contributed by atoms with Gasteiger partial charge in [-0.2, -0.15) is 0 Å². The van der Waals surface area contributed by atoms with Crippen LogP contribution in [0.3, 0.4) is 0 Å². The predicted octanol–water partition coefficient (Wildman–Crippen LogP) is -0.635. The molecule has 0 aliphatic carbocycles. The summed E-state index contributed by atoms with van der Waals surface area (Å²) in [5.74, 6) is 0.197. The van der Waals surface area contributed by atoms with Crippen molar-refractivity contribution >= 4 is 24.2 Å². The van der Waals surface area contributed by atoms with E-state index in [0.29, 0.717) is 0 Å². The molecule has 16 heavy (non-hydrogen) atoms. The molecule has 2 aliphatic heterocycles. The molecule has 0 aromatic heterocycles. The molecule has 2 amide bonds. The second-order valence-corrected chi connectivity index (χ2v) is 4.16. The van der Waals surface area contributed by atoms with Crippen molar-refractivity contribution in [3.05, 3.63) is 0 Å². The molecule has 2 aliphatic rings. The molecule has 0 spiro atoms. The molecule has 0 aromatic carbocycles. The molecular formula is C10H18ClN3O2. The fraction of sp³-hybridized carbons (Fsp3) is 0.800. The minimum Gasteiger partial charge on any atom is -0.357 e. The first-order chi connectivity index (χ1) is 7.24. The van der Waals surface area contributed by atoms with Crippen LogP contribution < -0.4 is 10.6 Å². The number of nitrogens with zero attached hydrogens (tertiary/aromatic N) is 1. The monoisotopic (exact) mass is 247 g/mol. The first-order valence-corrected chi connectivity index (χ1v) is 5.47. The third kappa shape index (κ3) is 2.30. The van der Waals surface area contributed by atoms with Crippen LogP contribution >= 0.6 is 12.4 Å². The molecular weight excluding hydrogens is 230 g/mol. The van der Waals surface area contributed by atoms with Gasteiger partial charge in [-0.15, -0.1) is 12.4 Å². The summed E-state index contributed by atoms with van der Waals surface area (Å²) < 4.78 is 0. The lowest BCUT2D eigenvalue weighted by Crippen LogP contribution is -2.55. The smallest absolute Gasteiger partial charge is 0.242 e. The topological polar surface area (TPSA) is 61.4 Å². The highest BCUT2D eigenvalue weighted by molar-refractivity contribution is 5.89. The number of carbonyl (C=O) groups excluding carboxylic acids is 2. The lowest BCUT2D eigenvalue weighted by atomic mass is 10.0. The fourth-order valence-corrected chi connectivity index (χ4v) is 2.17. The van der Waals surface area contributed by atoms with Crippen molar-refractivity contribution in [2.45, 2.75) is 18.9 Å². The lowest BCUT2D eigenvalue weighted by Gasteiger charge is -2.32. The Kier molecular flexibility index (Phi) is 4.56. The van der Waals surface area contributed by atoms with E-state index in [0.717, 1.165) is 32.5 Å². The van der Waals surface area contributed by atoms with E-state index < -0.39 is 0 Å². The van der Waals surface area contributed by atoms with Crippen LogP contribution in [0.5, 0.6) is 0 Å². The van der Waals surface area contributed by atoms with Crippen LogP contribution in [-0.2, 0) is 9.59 Å². The summed E-state index contributed by atoms with van der Waals surface area (Å²) in [7, 11) is 1.62. The van der Waals surface area contributed by atoms with Crippen molar-refractivity contribution in [2.75, 3.05) is 26.7 Å². The van der Waals surface area contributed by atoms with Gasteiger partial charge in [-0.3, -0.25) is 9.59 Å². The van der Waals surface area contributed by atoms with Gasteiger partial charge in [0.1, 0.15) is 6.04 Å². The highest BCUT2D eigenvalue weighted by atomic mass is 35.5. The first-order valence-electron chi connectivity index (χ1n) is 5.47. The van der Waals surface area contributed by atoms with Crippen molar-refractivity contribution in [1.82, 2.24) is 15.5 Å². The Hall–Kier alpha value is -0.810. The summed E-state index contributed by atoms with van der Waals surface area (Å²) in [6, 6.07) is -0.233. The van der Waals surface area contributed by atoms with Crippen molar-refractivity contribution in [3.8, 4) is 0 Å². The quantitative estimate of drug-likeness (QED) is 0.683. The predicted molar refractivity (Wildman–Crippen MR) is 62.4 cm³/mol. The highest BCUT2D eigenvalue weighted by Gasteiger charge is 2.38. The van der Waals surface area contributed by atoms with Crippen molar-refractivity contribution in [3.63, 3.8) is 0 Å². The molecule has 2 fully saturated rings. The highest BCUT2D eigenvalue weighted by Crippen LogP contribution is 2.21. The maximum atomic E-state index is 12.0. The number of carbonyl (C=O) groups is 2. The van der Waals surface area contributed by atoms with Crippen molar-refractivity contribution < 1.29 is 9.59 Å². The number of nitrogens with one attached hydrogen (secondary N) is 2. The van der Waals surface area contributed by atoms with Crippen molar-refractivity contribution in [2.24, 2.45) is 5.92 Å². The van der Waals surface area contributed by atoms with E-state index >= 15 is 0 Å². The molecule has 6 heteroatoms. The summed E-state index contributed by atoms with van der Waals surface area (Å²) in [4.78, 5) is 25.2. The van der Waals surface area contributed by atoms with Crippen LogP contribution in [0.1, 0.15) is 12.8 Å². The number of hydrogen-bond donors (Lipinski definition) is 2. The lowest BCUT2D eigenvalue weighted by molar-refractivity contribution is -0.142. The van der Waals surface area contributed by atoms with Gasteiger partial charge in [0, 0.05) is 26.7 Å². The van der Waals surface area contributed by atoms with Gasteiger partial charge in [-0.1, -0.05) is 0 Å². The maximum Gasteiger partial charge on any atom is 0.242 e. The van der Waals surface area contributed by atoms with E-state index in [2.05, 4.69) is 10.6 Å². The summed E-state index contributed by atoms with van der Waals surface area (Å²) in [6.07, 6.45) is 1.73. The number of rotatable bonds is 2. The molecule has 0 saturated carbocycles. The molecule has 5 nitrogen and oxygen atoms in total. The van der Waals surface area contributed by atoms with Gasteiger partial charge in [0.25, 0.3) is 0 Å². The molecule has 0 radical (unpaired) electrons. The minimum atomic E-state index is -0.233.